The van der Waals surface area contributed by atoms with Crippen LogP contribution < -0.4 is 5.32 Å². The molecule has 0 aromatic heterocycles. The van der Waals surface area contributed by atoms with E-state index in [4.69, 9.17) is 15.6 Å². The molecule has 0 heterocycles. The highest BCUT2D eigenvalue weighted by atomic mass is 16.4. The van der Waals surface area contributed by atoms with Crippen molar-refractivity contribution >= 4 is 18.6 Å². The zero-order valence-corrected chi connectivity index (χ0v) is 8.38. The Bertz CT molecular complexity index is 353. The Labute approximate surface area is 92.0 Å². The highest BCUT2D eigenvalue weighted by Crippen LogP contribution is 1.98. The molecule has 0 aliphatic carbocycles. The van der Waals surface area contributed by atoms with Gasteiger partial charge in [-0.15, -0.1) is 0 Å². The first-order valence-electron chi connectivity index (χ1n) is 4.23. The SMILES string of the molecule is C=N.O=C(NC(O)C(=O)O)c1ccccc1. The summed E-state index contributed by atoms with van der Waals surface area (Å²) in [6.45, 7) is 2.50. The Morgan fingerprint density at radius 2 is 1.75 bits per heavy atom. The van der Waals surface area contributed by atoms with Gasteiger partial charge in [-0.3, -0.25) is 4.79 Å². The first-order chi connectivity index (χ1) is 7.61. The van der Waals surface area contributed by atoms with E-state index in [0.29, 0.717) is 5.56 Å². The average Bonchev–Trinajstić information content (AvgIpc) is 2.32. The minimum atomic E-state index is -1.87. The minimum absolute atomic E-state index is 0.299. The van der Waals surface area contributed by atoms with Gasteiger partial charge in [-0.05, 0) is 18.9 Å². The second-order valence-corrected chi connectivity index (χ2v) is 2.58. The van der Waals surface area contributed by atoms with E-state index in [1.54, 1.807) is 18.2 Å². The molecule has 6 heteroatoms. The lowest BCUT2D eigenvalue weighted by Crippen LogP contribution is -2.40. The van der Waals surface area contributed by atoms with Crippen molar-refractivity contribution in [2.45, 2.75) is 6.23 Å². The maximum Gasteiger partial charge on any atom is 0.353 e. The van der Waals surface area contributed by atoms with Crippen molar-refractivity contribution in [3.05, 3.63) is 35.9 Å². The molecule has 1 rings (SSSR count). The summed E-state index contributed by atoms with van der Waals surface area (Å²) in [5.41, 5.74) is 0.299. The van der Waals surface area contributed by atoms with Crippen molar-refractivity contribution in [2.75, 3.05) is 0 Å². The number of carboxylic acid groups (broad SMARTS) is 1. The van der Waals surface area contributed by atoms with Gasteiger partial charge in [-0.1, -0.05) is 18.2 Å². The van der Waals surface area contributed by atoms with Crippen molar-refractivity contribution in [1.82, 2.24) is 5.32 Å². The van der Waals surface area contributed by atoms with E-state index in [1.165, 1.54) is 12.1 Å². The molecule has 4 N–H and O–H groups in total. The summed E-state index contributed by atoms with van der Waals surface area (Å²) in [6, 6.07) is 8.04. The van der Waals surface area contributed by atoms with Crippen molar-refractivity contribution in [3.8, 4) is 0 Å². The third-order valence-electron chi connectivity index (χ3n) is 1.54. The molecule has 16 heavy (non-hydrogen) atoms. The maximum atomic E-state index is 11.2. The highest BCUT2D eigenvalue weighted by Gasteiger charge is 2.16. The average molecular weight is 224 g/mol. The number of carboxylic acids is 1. The Morgan fingerprint density at radius 3 is 2.19 bits per heavy atom. The largest absolute Gasteiger partial charge is 0.478 e. The third-order valence-corrected chi connectivity index (χ3v) is 1.54. The lowest BCUT2D eigenvalue weighted by atomic mass is 10.2. The van der Waals surface area contributed by atoms with Crippen LogP contribution in [0.15, 0.2) is 30.3 Å². The van der Waals surface area contributed by atoms with Crippen LogP contribution in [0.4, 0.5) is 0 Å². The van der Waals surface area contributed by atoms with Gasteiger partial charge in [0.15, 0.2) is 0 Å². The first-order valence-corrected chi connectivity index (χ1v) is 4.23. The van der Waals surface area contributed by atoms with E-state index in [9.17, 15) is 9.59 Å². The minimum Gasteiger partial charge on any atom is -0.478 e. The number of benzene rings is 1. The second kappa shape index (κ2) is 7.13. The van der Waals surface area contributed by atoms with E-state index in [-0.39, 0.29) is 0 Å². The monoisotopic (exact) mass is 224 g/mol. The second-order valence-electron chi connectivity index (χ2n) is 2.58. The molecule has 1 amide bonds. The summed E-state index contributed by atoms with van der Waals surface area (Å²) in [6.07, 6.45) is -1.87. The summed E-state index contributed by atoms with van der Waals surface area (Å²) in [5, 5.41) is 24.6. The predicted octanol–water partition coefficient (Wildman–Crippen LogP) is 0.0852. The molecule has 0 saturated carbocycles. The molecular weight excluding hydrogens is 212 g/mol. The number of carbonyl (C=O) groups excluding carboxylic acids is 1. The molecule has 0 saturated heterocycles. The Kier molecular flexibility index (Phi) is 6.15. The van der Waals surface area contributed by atoms with Crippen molar-refractivity contribution in [2.24, 2.45) is 0 Å². The van der Waals surface area contributed by atoms with Gasteiger partial charge in [0.25, 0.3) is 5.91 Å². The number of hydrogen-bond donors (Lipinski definition) is 4. The maximum absolute atomic E-state index is 11.2. The van der Waals surface area contributed by atoms with Gasteiger partial charge in [-0.2, -0.15) is 0 Å². The topological polar surface area (TPSA) is 110 Å². The lowest BCUT2D eigenvalue weighted by molar-refractivity contribution is -0.147. The third kappa shape index (κ3) is 4.34. The van der Waals surface area contributed by atoms with E-state index in [2.05, 4.69) is 6.72 Å². The van der Waals surface area contributed by atoms with Gasteiger partial charge in [0.2, 0.25) is 6.23 Å². The molecule has 1 aromatic carbocycles. The number of aliphatic hydroxyl groups is 1. The van der Waals surface area contributed by atoms with Crippen molar-refractivity contribution < 1.29 is 19.8 Å². The van der Waals surface area contributed by atoms with Crippen molar-refractivity contribution in [1.29, 1.82) is 5.41 Å². The molecule has 1 aromatic rings. The molecule has 86 valence electrons. The van der Waals surface area contributed by atoms with Gasteiger partial charge in [0.05, 0.1) is 0 Å². The van der Waals surface area contributed by atoms with Gasteiger partial charge in [0.1, 0.15) is 0 Å². The van der Waals surface area contributed by atoms with Crippen LogP contribution in [0.5, 0.6) is 0 Å². The number of amides is 1. The number of aliphatic carboxylic acids is 1. The Hall–Kier alpha value is -2.21. The zero-order chi connectivity index (χ0) is 12.6. The summed E-state index contributed by atoms with van der Waals surface area (Å²) in [4.78, 5) is 21.4. The van der Waals surface area contributed by atoms with Crippen LogP contribution >= 0.6 is 0 Å². The van der Waals surface area contributed by atoms with Crippen LogP contribution in [0.3, 0.4) is 0 Å². The Balaban J connectivity index is 0.00000106. The van der Waals surface area contributed by atoms with Gasteiger partial charge < -0.3 is 20.9 Å². The number of rotatable bonds is 3. The molecule has 0 spiro atoms. The first kappa shape index (κ1) is 13.8. The lowest BCUT2D eigenvalue weighted by Gasteiger charge is -2.07. The fourth-order valence-corrected chi connectivity index (χ4v) is 0.859. The summed E-state index contributed by atoms with van der Waals surface area (Å²) in [5.74, 6) is -2.12. The molecule has 1 atom stereocenters. The fraction of sp³-hybridized carbons (Fsp3) is 0.100. The number of carbonyl (C=O) groups is 2. The fourth-order valence-electron chi connectivity index (χ4n) is 0.859. The number of hydrogen-bond acceptors (Lipinski definition) is 4. The summed E-state index contributed by atoms with van der Waals surface area (Å²) >= 11 is 0. The van der Waals surface area contributed by atoms with Crippen LogP contribution in [0.1, 0.15) is 10.4 Å². The summed E-state index contributed by atoms with van der Waals surface area (Å²) < 4.78 is 0. The summed E-state index contributed by atoms with van der Waals surface area (Å²) in [7, 11) is 0. The van der Waals surface area contributed by atoms with Crippen LogP contribution in [0.2, 0.25) is 0 Å². The van der Waals surface area contributed by atoms with Crippen LogP contribution in [0.25, 0.3) is 0 Å². The predicted molar refractivity (Wildman–Crippen MR) is 57.4 cm³/mol. The zero-order valence-electron chi connectivity index (χ0n) is 8.38. The number of aliphatic hydroxyl groups excluding tert-OH is 1. The van der Waals surface area contributed by atoms with E-state index >= 15 is 0 Å². The van der Waals surface area contributed by atoms with Crippen LogP contribution in [0, 0.1) is 5.41 Å². The van der Waals surface area contributed by atoms with Crippen molar-refractivity contribution in [3.63, 3.8) is 0 Å². The highest BCUT2D eigenvalue weighted by molar-refractivity contribution is 5.96. The molecule has 0 aliphatic rings. The molecule has 0 aliphatic heterocycles. The van der Waals surface area contributed by atoms with Gasteiger partial charge in [-0.25, -0.2) is 4.79 Å². The van der Waals surface area contributed by atoms with Gasteiger partial charge in [0, 0.05) is 5.56 Å². The molecule has 0 bridgehead atoms. The number of nitrogens with one attached hydrogen (secondary N) is 2. The van der Waals surface area contributed by atoms with E-state index in [1.807, 2.05) is 5.32 Å². The van der Waals surface area contributed by atoms with Crippen LogP contribution in [-0.2, 0) is 4.79 Å². The standard InChI is InChI=1S/C9H9NO4.CH3N/c11-7(10-8(12)9(13)14)6-4-2-1-3-5-6;1-2/h1-5,8,12H,(H,10,11)(H,13,14);2H,1H2. The van der Waals surface area contributed by atoms with Gasteiger partial charge >= 0.3 is 5.97 Å². The molecular formula is C10H12N2O4. The molecule has 0 radical (unpaired) electrons. The quantitative estimate of drug-likeness (QED) is 0.430. The molecule has 1 unspecified atom stereocenters. The molecule has 6 nitrogen and oxygen atoms in total. The molecule has 0 fully saturated rings. The Morgan fingerprint density at radius 1 is 1.25 bits per heavy atom. The normalized spacial score (nSPS) is 10.6. The van der Waals surface area contributed by atoms with E-state index in [0.717, 1.165) is 0 Å². The van der Waals surface area contributed by atoms with E-state index < -0.39 is 18.1 Å². The van der Waals surface area contributed by atoms with Crippen LogP contribution in [-0.4, -0.2) is 35.0 Å². The smallest absolute Gasteiger partial charge is 0.353 e.